The quantitative estimate of drug-likeness (QED) is 0.327. The predicted molar refractivity (Wildman–Crippen MR) is 185 cm³/mol. The van der Waals surface area contributed by atoms with Gasteiger partial charge >= 0.3 is 12.1 Å². The van der Waals surface area contributed by atoms with Crippen LogP contribution in [0.4, 0.5) is 16.3 Å². The predicted octanol–water partition coefficient (Wildman–Crippen LogP) is 5.61. The van der Waals surface area contributed by atoms with Gasteiger partial charge in [-0.25, -0.2) is 4.79 Å². The fraction of sp³-hybridized carbons (Fsp3) is 0.568. The van der Waals surface area contributed by atoms with Crippen molar-refractivity contribution in [1.82, 2.24) is 19.8 Å². The number of fused-ring (bicyclic) bond motifs is 2. The molecule has 0 N–H and O–H groups in total. The molecule has 1 amide bonds. The third-order valence-corrected chi connectivity index (χ3v) is 9.80. The van der Waals surface area contributed by atoms with E-state index in [1.165, 1.54) is 28.4 Å². The number of piperazine rings is 1. The second-order valence-corrected chi connectivity index (χ2v) is 14.1. The Bertz CT molecular complexity index is 1630. The molecule has 0 bridgehead atoms. The number of hydrogen-bond acceptors (Lipinski definition) is 9. The van der Waals surface area contributed by atoms with Gasteiger partial charge in [0, 0.05) is 61.8 Å². The van der Waals surface area contributed by atoms with Gasteiger partial charge in [0.25, 0.3) is 0 Å². The average Bonchev–Trinajstić information content (AvgIpc) is 3.34. The highest BCUT2D eigenvalue weighted by Gasteiger charge is 2.36. The third-order valence-electron chi connectivity index (χ3n) is 9.80. The minimum absolute atomic E-state index is 0.217. The number of amides is 1. The number of aryl methyl sites for hydroxylation is 1. The Morgan fingerprint density at radius 1 is 1.00 bits per heavy atom. The fourth-order valence-electron chi connectivity index (χ4n) is 7.33. The van der Waals surface area contributed by atoms with E-state index in [4.69, 9.17) is 19.4 Å². The number of likely N-dealkylation sites (N-methyl/N-ethyl adjacent to an activating group) is 1. The van der Waals surface area contributed by atoms with Gasteiger partial charge in [0.05, 0.1) is 24.2 Å². The van der Waals surface area contributed by atoms with Gasteiger partial charge in [0.2, 0.25) is 0 Å². The van der Waals surface area contributed by atoms with Gasteiger partial charge in [-0.3, -0.25) is 0 Å². The van der Waals surface area contributed by atoms with Gasteiger partial charge in [0.1, 0.15) is 18.0 Å². The van der Waals surface area contributed by atoms with Crippen molar-refractivity contribution >= 4 is 28.4 Å². The number of likely N-dealkylation sites (tertiary alicyclic amines) is 1. The van der Waals surface area contributed by atoms with E-state index in [9.17, 15) is 10.1 Å². The Morgan fingerprint density at radius 2 is 1.79 bits per heavy atom. The standard InChI is InChI=1S/C37H49N7O3/c1-6-26-10-7-11-27-12-8-14-32(33(26)27)42-20-16-30-31(17-21-42)39-35(46-25-29-13-9-19-41(29)5)40-34(30)43-22-23-44(28(24-43)15-18-38)36(45)47-37(2,3)4/h7-8,10-12,14,28-29H,6,9,13,15-17,19-25H2,1-5H3/t28-,29+/m1/s1. The molecule has 2 aromatic carbocycles. The molecule has 10 nitrogen and oxygen atoms in total. The van der Waals surface area contributed by atoms with Crippen LogP contribution in [0.2, 0.25) is 0 Å². The maximum absolute atomic E-state index is 13.1. The van der Waals surface area contributed by atoms with Gasteiger partial charge < -0.3 is 29.1 Å². The molecule has 250 valence electrons. The summed E-state index contributed by atoms with van der Waals surface area (Å²) in [6.45, 7) is 12.7. The first-order valence-corrected chi connectivity index (χ1v) is 17.2. The van der Waals surface area contributed by atoms with Crippen molar-refractivity contribution in [2.75, 3.05) is 62.7 Å². The molecule has 0 unspecified atom stereocenters. The first-order chi connectivity index (χ1) is 22.6. The number of ether oxygens (including phenoxy) is 2. The Morgan fingerprint density at radius 3 is 2.51 bits per heavy atom. The highest BCUT2D eigenvalue weighted by Crippen LogP contribution is 2.34. The van der Waals surface area contributed by atoms with Crippen LogP contribution in [0.3, 0.4) is 0 Å². The number of anilines is 2. The summed E-state index contributed by atoms with van der Waals surface area (Å²) in [5.74, 6) is 0.866. The monoisotopic (exact) mass is 639 g/mol. The maximum Gasteiger partial charge on any atom is 0.410 e. The topological polar surface area (TPSA) is 98.1 Å². The molecule has 47 heavy (non-hydrogen) atoms. The molecule has 2 saturated heterocycles. The second-order valence-electron chi connectivity index (χ2n) is 14.1. The van der Waals surface area contributed by atoms with E-state index in [0.717, 1.165) is 62.4 Å². The van der Waals surface area contributed by atoms with E-state index in [0.29, 0.717) is 38.3 Å². The average molecular weight is 640 g/mol. The van der Waals surface area contributed by atoms with E-state index < -0.39 is 5.60 Å². The van der Waals surface area contributed by atoms with Crippen molar-refractivity contribution in [2.24, 2.45) is 0 Å². The summed E-state index contributed by atoms with van der Waals surface area (Å²) in [4.78, 5) is 32.0. The lowest BCUT2D eigenvalue weighted by Crippen LogP contribution is -2.56. The molecule has 10 heteroatoms. The van der Waals surface area contributed by atoms with Gasteiger partial charge in [-0.1, -0.05) is 37.3 Å². The lowest BCUT2D eigenvalue weighted by molar-refractivity contribution is 0.0144. The van der Waals surface area contributed by atoms with Gasteiger partial charge in [-0.05, 0) is 77.1 Å². The summed E-state index contributed by atoms with van der Waals surface area (Å²) < 4.78 is 12.1. The molecule has 1 aromatic heterocycles. The second kappa shape index (κ2) is 13.9. The van der Waals surface area contributed by atoms with Crippen LogP contribution in [-0.4, -0.2) is 96.5 Å². The van der Waals surface area contributed by atoms with Crippen LogP contribution in [0.15, 0.2) is 36.4 Å². The summed E-state index contributed by atoms with van der Waals surface area (Å²) in [5.41, 5.74) is 4.18. The van der Waals surface area contributed by atoms with Gasteiger partial charge in [-0.15, -0.1) is 0 Å². The number of hydrogen-bond donors (Lipinski definition) is 0. The SMILES string of the molecule is CCc1cccc2cccc(N3CCc4nc(OC[C@@H]5CCCN5C)nc(N5CCN(C(=O)OC(C)(C)C)[C@H](CC#N)C5)c4CC3)c12. The Balaban J connectivity index is 1.31. The molecule has 2 atom stereocenters. The molecule has 0 spiro atoms. The highest BCUT2D eigenvalue weighted by molar-refractivity contribution is 5.97. The van der Waals surface area contributed by atoms with Crippen LogP contribution in [0.1, 0.15) is 63.8 Å². The van der Waals surface area contributed by atoms with Crippen molar-refractivity contribution in [2.45, 2.75) is 83.9 Å². The molecular weight excluding hydrogens is 590 g/mol. The van der Waals surface area contributed by atoms with Crippen LogP contribution in [0, 0.1) is 11.3 Å². The number of benzene rings is 2. The molecular formula is C37H49N7O3. The fourth-order valence-corrected chi connectivity index (χ4v) is 7.33. The number of nitriles is 1. The van der Waals surface area contributed by atoms with Crippen LogP contribution in [-0.2, 0) is 24.0 Å². The normalized spacial score (nSPS) is 20.6. The van der Waals surface area contributed by atoms with Crippen molar-refractivity contribution < 1.29 is 14.3 Å². The van der Waals surface area contributed by atoms with E-state index in [2.05, 4.69) is 71.1 Å². The zero-order valence-corrected chi connectivity index (χ0v) is 28.7. The Kier molecular flexibility index (Phi) is 9.74. The number of nitrogens with zero attached hydrogens (tertiary/aromatic N) is 7. The molecule has 3 aliphatic rings. The number of aromatic nitrogens is 2. The summed E-state index contributed by atoms with van der Waals surface area (Å²) in [5, 5.41) is 12.3. The van der Waals surface area contributed by atoms with E-state index >= 15 is 0 Å². The van der Waals surface area contributed by atoms with Crippen molar-refractivity contribution in [3.63, 3.8) is 0 Å². The van der Waals surface area contributed by atoms with Crippen molar-refractivity contribution in [1.29, 1.82) is 5.26 Å². The zero-order chi connectivity index (χ0) is 33.1. The van der Waals surface area contributed by atoms with Crippen LogP contribution < -0.4 is 14.5 Å². The number of carbonyl (C=O) groups is 1. The van der Waals surface area contributed by atoms with Crippen LogP contribution >= 0.6 is 0 Å². The van der Waals surface area contributed by atoms with Gasteiger partial charge in [-0.2, -0.15) is 15.2 Å². The Hall–Kier alpha value is -4.10. The molecule has 4 heterocycles. The molecule has 3 aliphatic heterocycles. The molecule has 6 rings (SSSR count). The maximum atomic E-state index is 13.1. The van der Waals surface area contributed by atoms with E-state index in [1.54, 1.807) is 4.90 Å². The minimum Gasteiger partial charge on any atom is -0.462 e. The minimum atomic E-state index is -0.608. The Labute approximate surface area is 279 Å². The van der Waals surface area contributed by atoms with Crippen LogP contribution in [0.5, 0.6) is 6.01 Å². The molecule has 0 radical (unpaired) electrons. The lowest BCUT2D eigenvalue weighted by Gasteiger charge is -2.42. The van der Waals surface area contributed by atoms with E-state index in [1.807, 2.05) is 20.8 Å². The van der Waals surface area contributed by atoms with Crippen LogP contribution in [0.25, 0.3) is 10.8 Å². The highest BCUT2D eigenvalue weighted by atomic mass is 16.6. The largest absolute Gasteiger partial charge is 0.462 e. The first kappa shape index (κ1) is 32.8. The van der Waals surface area contributed by atoms with Crippen molar-refractivity contribution in [3.8, 4) is 12.1 Å². The molecule has 0 saturated carbocycles. The summed E-state index contributed by atoms with van der Waals surface area (Å²) in [7, 11) is 2.15. The number of rotatable bonds is 7. The lowest BCUT2D eigenvalue weighted by atomic mass is 10.00. The smallest absolute Gasteiger partial charge is 0.410 e. The molecule has 3 aromatic rings. The van der Waals surface area contributed by atoms with Gasteiger partial charge in [0.15, 0.2) is 0 Å². The first-order valence-electron chi connectivity index (χ1n) is 17.2. The molecule has 2 fully saturated rings. The number of carbonyl (C=O) groups excluding carboxylic acids is 1. The summed E-state index contributed by atoms with van der Waals surface area (Å²) in [6.07, 6.45) is 4.66. The summed E-state index contributed by atoms with van der Waals surface area (Å²) in [6, 6.07) is 16.0. The van der Waals surface area contributed by atoms with Crippen molar-refractivity contribution in [3.05, 3.63) is 53.2 Å². The third kappa shape index (κ3) is 7.25. The molecule has 0 aliphatic carbocycles. The summed E-state index contributed by atoms with van der Waals surface area (Å²) >= 11 is 0. The van der Waals surface area contributed by atoms with E-state index in [-0.39, 0.29) is 18.6 Å². The zero-order valence-electron chi connectivity index (χ0n) is 28.7.